The average Bonchev–Trinajstić information content (AvgIpc) is 2.61. The van der Waals surface area contributed by atoms with E-state index in [1.165, 1.54) is 24.3 Å². The molecule has 0 heterocycles. The summed E-state index contributed by atoms with van der Waals surface area (Å²) < 4.78 is 31.5. The van der Waals surface area contributed by atoms with Crippen molar-refractivity contribution >= 4 is 27.9 Å². The standard InChI is InChI=1S/C15H23N5O6S/c16-15(17)18-7-4-8-26-10-13(21)19-9-12(14(22)23)20-27(24,25)11-5-2-1-3-6-11/h1-3,5-6,12,20H,4,7-10H2,(H,19,21)(H,22,23)(H4,16,17,18)/t12-/m0/s1. The van der Waals surface area contributed by atoms with Gasteiger partial charge in [-0.3, -0.25) is 14.6 Å². The first-order valence-electron chi connectivity index (χ1n) is 7.92. The molecule has 0 spiro atoms. The molecule has 1 aromatic rings. The zero-order valence-corrected chi connectivity index (χ0v) is 15.3. The molecule has 0 aromatic heterocycles. The molecule has 27 heavy (non-hydrogen) atoms. The summed E-state index contributed by atoms with van der Waals surface area (Å²) in [5.41, 5.74) is 10.3. The van der Waals surface area contributed by atoms with Gasteiger partial charge in [-0.15, -0.1) is 0 Å². The third kappa shape index (κ3) is 8.99. The Kier molecular flexibility index (Phi) is 9.19. The van der Waals surface area contributed by atoms with Crippen molar-refractivity contribution in [2.45, 2.75) is 17.4 Å². The fourth-order valence-electron chi connectivity index (χ4n) is 1.84. The van der Waals surface area contributed by atoms with E-state index in [9.17, 15) is 23.1 Å². The molecule has 12 heteroatoms. The Bertz CT molecular complexity index is 749. The Morgan fingerprint density at radius 2 is 1.89 bits per heavy atom. The monoisotopic (exact) mass is 401 g/mol. The van der Waals surface area contributed by atoms with E-state index < -0.39 is 34.5 Å². The predicted molar refractivity (Wildman–Crippen MR) is 97.3 cm³/mol. The van der Waals surface area contributed by atoms with Gasteiger partial charge in [0.2, 0.25) is 15.9 Å². The van der Waals surface area contributed by atoms with Crippen molar-refractivity contribution < 1.29 is 27.9 Å². The van der Waals surface area contributed by atoms with Crippen molar-refractivity contribution in [2.24, 2.45) is 16.5 Å². The van der Waals surface area contributed by atoms with Crippen molar-refractivity contribution in [3.05, 3.63) is 30.3 Å². The first kappa shape index (κ1) is 22.3. The smallest absolute Gasteiger partial charge is 0.323 e. The Balaban J connectivity index is 2.43. The van der Waals surface area contributed by atoms with Crippen LogP contribution in [0, 0.1) is 0 Å². The first-order valence-corrected chi connectivity index (χ1v) is 9.40. The molecule has 0 aliphatic carbocycles. The van der Waals surface area contributed by atoms with Gasteiger partial charge >= 0.3 is 5.97 Å². The van der Waals surface area contributed by atoms with E-state index in [4.69, 9.17) is 16.2 Å². The number of carboxylic acids is 1. The number of carboxylic acid groups (broad SMARTS) is 1. The van der Waals surface area contributed by atoms with Crippen LogP contribution in [0.25, 0.3) is 0 Å². The summed E-state index contributed by atoms with van der Waals surface area (Å²) in [6.07, 6.45) is 0.500. The largest absolute Gasteiger partial charge is 0.480 e. The normalized spacial score (nSPS) is 12.1. The molecule has 1 amide bonds. The van der Waals surface area contributed by atoms with E-state index in [2.05, 4.69) is 10.3 Å². The summed E-state index contributed by atoms with van der Waals surface area (Å²) in [7, 11) is -4.03. The molecular formula is C15H23N5O6S. The highest BCUT2D eigenvalue weighted by molar-refractivity contribution is 7.89. The molecule has 0 saturated heterocycles. The third-order valence-corrected chi connectivity index (χ3v) is 4.61. The first-order chi connectivity index (χ1) is 12.7. The van der Waals surface area contributed by atoms with Crippen LogP contribution in [0.5, 0.6) is 0 Å². The van der Waals surface area contributed by atoms with E-state index in [0.29, 0.717) is 13.0 Å². The van der Waals surface area contributed by atoms with Crippen molar-refractivity contribution in [1.29, 1.82) is 0 Å². The molecular weight excluding hydrogens is 378 g/mol. The number of aliphatic imine (C=N–C) groups is 1. The fourth-order valence-corrected chi connectivity index (χ4v) is 3.05. The third-order valence-electron chi connectivity index (χ3n) is 3.13. The van der Waals surface area contributed by atoms with E-state index >= 15 is 0 Å². The highest BCUT2D eigenvalue weighted by atomic mass is 32.2. The van der Waals surface area contributed by atoms with Gasteiger partial charge in [-0.1, -0.05) is 18.2 Å². The molecule has 0 radical (unpaired) electrons. The van der Waals surface area contributed by atoms with E-state index in [1.807, 2.05) is 4.72 Å². The highest BCUT2D eigenvalue weighted by Crippen LogP contribution is 2.07. The van der Waals surface area contributed by atoms with Crippen molar-refractivity contribution in [1.82, 2.24) is 10.0 Å². The maximum atomic E-state index is 12.2. The van der Waals surface area contributed by atoms with Crippen LogP contribution >= 0.6 is 0 Å². The Labute approximate surface area is 156 Å². The molecule has 1 atom stereocenters. The molecule has 0 aliphatic heterocycles. The van der Waals surface area contributed by atoms with E-state index in [1.54, 1.807) is 6.07 Å². The number of amides is 1. The van der Waals surface area contributed by atoms with Gasteiger partial charge in [0.25, 0.3) is 0 Å². The van der Waals surface area contributed by atoms with Gasteiger partial charge in [-0.2, -0.15) is 4.72 Å². The van der Waals surface area contributed by atoms with Crippen molar-refractivity contribution in [2.75, 3.05) is 26.3 Å². The van der Waals surface area contributed by atoms with Gasteiger partial charge in [0, 0.05) is 19.7 Å². The minimum absolute atomic E-state index is 0.0367. The van der Waals surface area contributed by atoms with Crippen LogP contribution in [-0.2, 0) is 24.3 Å². The second kappa shape index (κ2) is 11.1. The van der Waals surface area contributed by atoms with Crippen LogP contribution in [0.3, 0.4) is 0 Å². The second-order valence-electron chi connectivity index (χ2n) is 5.34. The zero-order chi connectivity index (χ0) is 20.3. The van der Waals surface area contributed by atoms with E-state index in [-0.39, 0.29) is 24.1 Å². The van der Waals surface area contributed by atoms with Crippen LogP contribution < -0.4 is 21.5 Å². The highest BCUT2D eigenvalue weighted by Gasteiger charge is 2.25. The molecule has 0 unspecified atom stereocenters. The van der Waals surface area contributed by atoms with Crippen LogP contribution in [-0.4, -0.2) is 63.7 Å². The summed E-state index contributed by atoms with van der Waals surface area (Å²) in [5, 5.41) is 11.5. The summed E-state index contributed by atoms with van der Waals surface area (Å²) in [5.74, 6) is -2.04. The number of nitrogens with two attached hydrogens (primary N) is 2. The minimum atomic E-state index is -4.03. The van der Waals surface area contributed by atoms with Gasteiger partial charge in [0.05, 0.1) is 4.90 Å². The maximum absolute atomic E-state index is 12.2. The molecule has 0 bridgehead atoms. The number of sulfonamides is 1. The predicted octanol–water partition coefficient (Wildman–Crippen LogP) is -1.79. The number of nitrogens with one attached hydrogen (secondary N) is 2. The summed E-state index contributed by atoms with van der Waals surface area (Å²) in [4.78, 5) is 26.6. The number of rotatable bonds is 12. The lowest BCUT2D eigenvalue weighted by molar-refractivity contribution is -0.139. The molecule has 0 aliphatic rings. The van der Waals surface area contributed by atoms with Crippen LogP contribution in [0.15, 0.2) is 40.2 Å². The minimum Gasteiger partial charge on any atom is -0.480 e. The number of aliphatic carboxylic acids is 1. The molecule has 0 fully saturated rings. The molecule has 7 N–H and O–H groups in total. The molecule has 11 nitrogen and oxygen atoms in total. The SMILES string of the molecule is NC(N)=NCCCOCC(=O)NC[C@H](NS(=O)(=O)c1ccccc1)C(=O)O. The van der Waals surface area contributed by atoms with Gasteiger partial charge in [-0.25, -0.2) is 8.42 Å². The number of nitrogens with zero attached hydrogens (tertiary/aromatic N) is 1. The quantitative estimate of drug-likeness (QED) is 0.154. The lowest BCUT2D eigenvalue weighted by Gasteiger charge is -2.15. The topological polar surface area (TPSA) is 186 Å². The summed E-state index contributed by atoms with van der Waals surface area (Å²) in [6, 6.07) is 5.78. The van der Waals surface area contributed by atoms with Crippen LogP contribution in [0.1, 0.15) is 6.42 Å². The Hall–Kier alpha value is -2.70. The fraction of sp³-hybridized carbons (Fsp3) is 0.400. The maximum Gasteiger partial charge on any atom is 0.323 e. The molecule has 0 saturated carbocycles. The second-order valence-corrected chi connectivity index (χ2v) is 7.06. The number of hydrogen-bond acceptors (Lipinski definition) is 6. The lowest BCUT2D eigenvalue weighted by atomic mass is 10.3. The number of ether oxygens (including phenoxy) is 1. The number of benzene rings is 1. The number of hydrogen-bond donors (Lipinski definition) is 5. The van der Waals surface area contributed by atoms with Crippen LogP contribution in [0.2, 0.25) is 0 Å². The van der Waals surface area contributed by atoms with Crippen molar-refractivity contribution in [3.63, 3.8) is 0 Å². The Morgan fingerprint density at radius 1 is 1.22 bits per heavy atom. The molecule has 1 rings (SSSR count). The summed E-state index contributed by atoms with van der Waals surface area (Å²) >= 11 is 0. The van der Waals surface area contributed by atoms with Gasteiger partial charge in [0.1, 0.15) is 12.6 Å². The lowest BCUT2D eigenvalue weighted by Crippen LogP contribution is -2.48. The van der Waals surface area contributed by atoms with Gasteiger partial charge in [0.15, 0.2) is 5.96 Å². The number of carbonyl (C=O) groups excluding carboxylic acids is 1. The Morgan fingerprint density at radius 3 is 2.48 bits per heavy atom. The van der Waals surface area contributed by atoms with Gasteiger partial charge in [-0.05, 0) is 18.6 Å². The number of guanidine groups is 1. The molecule has 150 valence electrons. The van der Waals surface area contributed by atoms with Crippen molar-refractivity contribution in [3.8, 4) is 0 Å². The van der Waals surface area contributed by atoms with Crippen LogP contribution in [0.4, 0.5) is 0 Å². The molecule has 1 aromatic carbocycles. The number of carbonyl (C=O) groups is 2. The van der Waals surface area contributed by atoms with Gasteiger partial charge < -0.3 is 26.6 Å². The summed E-state index contributed by atoms with van der Waals surface area (Å²) in [6.45, 7) is -0.156. The average molecular weight is 401 g/mol. The van der Waals surface area contributed by atoms with E-state index in [0.717, 1.165) is 0 Å². The zero-order valence-electron chi connectivity index (χ0n) is 14.5.